The van der Waals surface area contributed by atoms with Crippen LogP contribution in [0.3, 0.4) is 0 Å². The summed E-state index contributed by atoms with van der Waals surface area (Å²) >= 11 is 6.02. The Morgan fingerprint density at radius 1 is 1.18 bits per heavy atom. The van der Waals surface area contributed by atoms with Gasteiger partial charge in [-0.15, -0.1) is 5.10 Å². The van der Waals surface area contributed by atoms with Crippen molar-refractivity contribution in [1.29, 1.82) is 0 Å². The second-order valence-electron chi connectivity index (χ2n) is 7.95. The Morgan fingerprint density at radius 3 is 2.79 bits per heavy atom. The summed E-state index contributed by atoms with van der Waals surface area (Å²) in [5.41, 5.74) is 0.971. The number of hydrogen-bond donors (Lipinski definition) is 0. The number of nitrogens with zero attached hydrogens (tertiary/aromatic N) is 9. The van der Waals surface area contributed by atoms with E-state index < -0.39 is 32.1 Å². The van der Waals surface area contributed by atoms with Crippen LogP contribution >= 0.6 is 11.6 Å². The lowest BCUT2D eigenvalue weighted by atomic mass is 10.0. The molecular formula is C23H19ClF3N9O2. The Bertz CT molecular complexity index is 1660. The van der Waals surface area contributed by atoms with Gasteiger partial charge in [0.15, 0.2) is 12.0 Å². The van der Waals surface area contributed by atoms with E-state index in [1.807, 2.05) is 0 Å². The molecule has 4 heterocycles. The average molecular weight is 549 g/mol. The Hall–Kier alpha value is -4.30. The minimum absolute atomic E-state index is 0.0437. The van der Waals surface area contributed by atoms with Gasteiger partial charge in [0, 0.05) is 41.5 Å². The van der Waals surface area contributed by atoms with E-state index in [4.69, 9.17) is 15.7 Å². The molecule has 0 amide bonds. The summed E-state index contributed by atoms with van der Waals surface area (Å²) in [5.74, 6) is -0.808. The van der Waals surface area contributed by atoms with Gasteiger partial charge in [0.05, 0.1) is 40.3 Å². The molecule has 0 spiro atoms. The van der Waals surface area contributed by atoms with Crippen LogP contribution < -0.4 is 4.73 Å². The van der Waals surface area contributed by atoms with Crippen molar-refractivity contribution in [3.63, 3.8) is 0 Å². The fourth-order valence-corrected chi connectivity index (χ4v) is 4.18. The molecule has 4 aromatic heterocycles. The molecule has 0 aliphatic carbocycles. The first kappa shape index (κ1) is 21.8. The van der Waals surface area contributed by atoms with Crippen LogP contribution in [0.2, 0.25) is 5.02 Å². The molecule has 0 radical (unpaired) electrons. The van der Waals surface area contributed by atoms with E-state index in [1.165, 1.54) is 64.6 Å². The number of aromatic nitrogens is 9. The fraction of sp³-hybridized carbons (Fsp3) is 0.217. The molecule has 1 aromatic carbocycles. The van der Waals surface area contributed by atoms with Crippen LogP contribution in [0.4, 0.5) is 13.2 Å². The van der Waals surface area contributed by atoms with Gasteiger partial charge in [-0.25, -0.2) is 4.39 Å². The third kappa shape index (κ3) is 4.95. The molecule has 38 heavy (non-hydrogen) atoms. The van der Waals surface area contributed by atoms with E-state index >= 15 is 4.39 Å². The summed E-state index contributed by atoms with van der Waals surface area (Å²) in [6.45, 7) is -6.02. The molecular weight excluding hydrogens is 527 g/mol. The van der Waals surface area contributed by atoms with Crippen LogP contribution in [-0.2, 0) is 11.7 Å². The molecule has 196 valence electrons. The zero-order valence-electron chi connectivity index (χ0n) is 22.2. The largest absolute Gasteiger partial charge is 0.618 e. The number of halogens is 4. The summed E-state index contributed by atoms with van der Waals surface area (Å²) in [5, 5.41) is 32.1. The molecule has 1 atom stereocenters. The quantitative estimate of drug-likeness (QED) is 0.204. The Balaban J connectivity index is 1.55. The number of ether oxygens (including phenoxy) is 1. The van der Waals surface area contributed by atoms with Crippen molar-refractivity contribution < 1.29 is 26.8 Å². The summed E-state index contributed by atoms with van der Waals surface area (Å²) in [7, 11) is 0. The van der Waals surface area contributed by atoms with Gasteiger partial charge in [-0.05, 0) is 34.7 Å². The lowest BCUT2D eigenvalue weighted by molar-refractivity contribution is -0.615. The van der Waals surface area contributed by atoms with Crippen molar-refractivity contribution in [1.82, 2.24) is 39.8 Å². The number of aryl methyl sites for hydroxylation is 1. The highest BCUT2D eigenvalue weighted by Gasteiger charge is 2.26. The third-order valence-corrected chi connectivity index (χ3v) is 6.03. The van der Waals surface area contributed by atoms with Crippen molar-refractivity contribution in [2.75, 3.05) is 6.61 Å². The van der Waals surface area contributed by atoms with Crippen LogP contribution in [0.1, 0.15) is 22.3 Å². The molecule has 0 aliphatic heterocycles. The van der Waals surface area contributed by atoms with Crippen molar-refractivity contribution >= 4 is 11.6 Å². The normalized spacial score (nSPS) is 13.9. The second kappa shape index (κ2) is 10.6. The minimum Gasteiger partial charge on any atom is -0.618 e. The SMILES string of the molecule is [2H]C([2H])([2H])n1nccc1-c1cnn([C@@H](CCOC(F)F)c2ccc(-c3c(-n4cnnn4)ccc(Cl)c3F)c[n+]2[O-])c1. The van der Waals surface area contributed by atoms with Gasteiger partial charge >= 0.3 is 6.61 Å². The highest BCUT2D eigenvalue weighted by Crippen LogP contribution is 2.33. The number of tetrazole rings is 1. The van der Waals surface area contributed by atoms with Crippen LogP contribution in [-0.4, -0.2) is 53.0 Å². The Morgan fingerprint density at radius 2 is 2.05 bits per heavy atom. The van der Waals surface area contributed by atoms with Gasteiger partial charge in [0.1, 0.15) is 12.4 Å². The second-order valence-corrected chi connectivity index (χ2v) is 8.36. The molecule has 5 rings (SSSR count). The van der Waals surface area contributed by atoms with Gasteiger partial charge in [-0.2, -0.15) is 28.4 Å². The smallest absolute Gasteiger partial charge is 0.345 e. The molecule has 0 N–H and O–H groups in total. The Kier molecular flexibility index (Phi) is 6.06. The van der Waals surface area contributed by atoms with E-state index in [1.54, 1.807) is 0 Å². The summed E-state index contributed by atoms with van der Waals surface area (Å²) in [4.78, 5) is 0. The molecule has 0 bridgehead atoms. The van der Waals surface area contributed by atoms with Crippen LogP contribution in [0.5, 0.6) is 0 Å². The first-order valence-electron chi connectivity index (χ1n) is 12.5. The third-order valence-electron chi connectivity index (χ3n) is 5.74. The minimum atomic E-state index is -3.03. The lowest BCUT2D eigenvalue weighted by Gasteiger charge is -2.18. The van der Waals surface area contributed by atoms with Gasteiger partial charge < -0.3 is 9.94 Å². The predicted octanol–water partition coefficient (Wildman–Crippen LogP) is 3.57. The molecule has 0 saturated carbocycles. The zero-order chi connectivity index (χ0) is 29.3. The number of hydrogen-bond acceptors (Lipinski definition) is 7. The lowest BCUT2D eigenvalue weighted by Crippen LogP contribution is -2.36. The van der Waals surface area contributed by atoms with Crippen molar-refractivity contribution in [3.8, 4) is 28.1 Å². The van der Waals surface area contributed by atoms with E-state index in [9.17, 15) is 14.0 Å². The zero-order valence-corrected chi connectivity index (χ0v) is 20.0. The van der Waals surface area contributed by atoms with Crippen LogP contribution in [0.15, 0.2) is 61.4 Å². The van der Waals surface area contributed by atoms with Gasteiger partial charge in [-0.1, -0.05) is 11.6 Å². The van der Waals surface area contributed by atoms with E-state index in [0.29, 0.717) is 10.3 Å². The van der Waals surface area contributed by atoms with Gasteiger partial charge in [0.25, 0.3) is 0 Å². The van der Waals surface area contributed by atoms with E-state index in [0.717, 1.165) is 10.9 Å². The first-order valence-corrected chi connectivity index (χ1v) is 11.4. The maximum Gasteiger partial charge on any atom is 0.345 e. The molecule has 15 heteroatoms. The van der Waals surface area contributed by atoms with E-state index in [2.05, 4.69) is 30.5 Å². The highest BCUT2D eigenvalue weighted by atomic mass is 35.5. The topological polar surface area (TPSA) is 115 Å². The average Bonchev–Trinajstić information content (AvgIpc) is 3.70. The number of pyridine rings is 1. The van der Waals surface area contributed by atoms with Crippen molar-refractivity contribution in [2.24, 2.45) is 6.98 Å². The Labute approximate surface area is 222 Å². The van der Waals surface area contributed by atoms with Crippen LogP contribution in [0.25, 0.3) is 28.1 Å². The predicted molar refractivity (Wildman–Crippen MR) is 128 cm³/mol. The number of alkyl halides is 2. The van der Waals surface area contributed by atoms with Gasteiger partial charge in [-0.3, -0.25) is 9.36 Å². The monoisotopic (exact) mass is 548 g/mol. The fourth-order valence-electron chi connectivity index (χ4n) is 4.02. The molecule has 11 nitrogen and oxygen atoms in total. The molecule has 0 aliphatic rings. The highest BCUT2D eigenvalue weighted by molar-refractivity contribution is 6.31. The molecule has 0 unspecified atom stereocenters. The maximum atomic E-state index is 15.2. The van der Waals surface area contributed by atoms with Crippen molar-refractivity contribution in [3.05, 3.63) is 83.2 Å². The summed E-state index contributed by atoms with van der Waals surface area (Å²) in [6.07, 6.45) is 6.39. The first-order chi connectivity index (χ1) is 19.5. The number of rotatable bonds is 9. The summed E-state index contributed by atoms with van der Waals surface area (Å²) in [6, 6.07) is 6.21. The van der Waals surface area contributed by atoms with Gasteiger partial charge in [0.2, 0.25) is 5.69 Å². The maximum absolute atomic E-state index is 15.2. The standard InChI is InChI=1S/C23H19ClF3N9O2/c1-33-17(6-8-29-33)15-10-30-34(11-15)18(7-9-38-23(26)27)19-4-2-14(12-36(19)37)21-20(35-13-28-31-32-35)5-3-16(24)22(21)25/h2-6,8,10-13,18,23H,7,9H2,1H3/t18-/m0/s1/i1D3. The molecule has 0 fully saturated rings. The summed E-state index contributed by atoms with van der Waals surface area (Å²) < 4.78 is 72.0. The molecule has 5 aromatic rings. The van der Waals surface area contributed by atoms with E-state index in [-0.39, 0.29) is 39.6 Å². The van der Waals surface area contributed by atoms with Crippen LogP contribution in [0, 0.1) is 11.0 Å². The van der Waals surface area contributed by atoms with Crippen molar-refractivity contribution in [2.45, 2.75) is 19.1 Å². The molecule has 0 saturated heterocycles. The number of benzene rings is 1.